The van der Waals surface area contributed by atoms with Gasteiger partial charge in [-0.05, 0) is 72.5 Å². The van der Waals surface area contributed by atoms with Gasteiger partial charge >= 0.3 is 0 Å². The topological polar surface area (TPSA) is 82.3 Å². The summed E-state index contributed by atoms with van der Waals surface area (Å²) in [6.45, 7) is 1.72. The minimum Gasteiger partial charge on any atom is -0.324 e. The van der Waals surface area contributed by atoms with Crippen molar-refractivity contribution < 1.29 is 9.59 Å². The van der Waals surface area contributed by atoms with Crippen LogP contribution >= 0.6 is 0 Å². The summed E-state index contributed by atoms with van der Waals surface area (Å²) in [6, 6.07) is 24.1. The number of anilines is 2. The molecule has 4 aromatic carbocycles. The molecule has 0 aromatic heterocycles. The molecule has 6 rings (SSSR count). The van der Waals surface area contributed by atoms with Gasteiger partial charge in [0.1, 0.15) is 0 Å². The van der Waals surface area contributed by atoms with Gasteiger partial charge in [-0.3, -0.25) is 9.59 Å². The monoisotopic (exact) mass is 478 g/mol. The summed E-state index contributed by atoms with van der Waals surface area (Å²) in [5.41, 5.74) is 3.34. The molecule has 2 saturated heterocycles. The summed E-state index contributed by atoms with van der Waals surface area (Å²) < 4.78 is 0. The summed E-state index contributed by atoms with van der Waals surface area (Å²) in [7, 11) is 0. The maximum Gasteiger partial charge on any atom is 0.241 e. The smallest absolute Gasteiger partial charge is 0.241 e. The molecule has 0 bridgehead atoms. The molecule has 2 atom stereocenters. The summed E-state index contributed by atoms with van der Waals surface area (Å²) in [5.74, 6) is -0.0463. The molecule has 4 N–H and O–H groups in total. The Bertz CT molecular complexity index is 1340. The lowest BCUT2D eigenvalue weighted by Gasteiger charge is -2.21. The number of carbonyl (C=O) groups excluding carboxylic acids is 2. The Morgan fingerprint density at radius 1 is 0.611 bits per heavy atom. The molecule has 0 aliphatic carbocycles. The van der Waals surface area contributed by atoms with Crippen LogP contribution in [0.4, 0.5) is 11.4 Å². The molecule has 2 aliphatic heterocycles. The lowest BCUT2D eigenvalue weighted by atomic mass is 9.90. The Kier molecular flexibility index (Phi) is 6.13. The molecule has 2 heterocycles. The van der Waals surface area contributed by atoms with E-state index < -0.39 is 0 Å². The van der Waals surface area contributed by atoms with Crippen LogP contribution in [0, 0.1) is 0 Å². The average Bonchev–Trinajstić information content (AvgIpc) is 3.64. The number of carbonyl (C=O) groups is 2. The SMILES string of the molecule is O=C(Nc1ccc2ccccc2c1-c1c(NC(=O)[C@H]2CCCN2)ccc2ccccc12)[C@H]1CCCN1. The predicted molar refractivity (Wildman–Crippen MR) is 146 cm³/mol. The summed E-state index contributed by atoms with van der Waals surface area (Å²) in [5, 5.41) is 17.2. The Morgan fingerprint density at radius 2 is 1.06 bits per heavy atom. The standard InChI is InChI=1S/C30H30N4O2/c35-29(25-11-5-17-31-25)33-23-15-13-19-7-1-3-9-21(19)27(23)28-22-10-4-2-8-20(22)14-16-24(28)34-30(36)26-12-6-18-32-26/h1-4,7-10,13-16,25-26,31-32H,5-6,11-12,17-18H2,(H,33,35)(H,34,36)/t25-,26-/m1/s1. The van der Waals surface area contributed by atoms with Crippen LogP contribution < -0.4 is 21.3 Å². The number of hydrogen-bond acceptors (Lipinski definition) is 4. The van der Waals surface area contributed by atoms with Gasteiger partial charge in [-0.1, -0.05) is 60.7 Å². The summed E-state index contributed by atoms with van der Waals surface area (Å²) in [6.07, 6.45) is 3.66. The van der Waals surface area contributed by atoms with Crippen molar-refractivity contribution in [3.05, 3.63) is 72.8 Å². The second-order valence-corrected chi connectivity index (χ2v) is 9.69. The van der Waals surface area contributed by atoms with Crippen LogP contribution in [0.3, 0.4) is 0 Å². The first-order valence-corrected chi connectivity index (χ1v) is 12.8. The van der Waals surface area contributed by atoms with E-state index >= 15 is 0 Å². The van der Waals surface area contributed by atoms with Crippen LogP contribution in [0.25, 0.3) is 32.7 Å². The van der Waals surface area contributed by atoms with Gasteiger partial charge in [0.25, 0.3) is 0 Å². The van der Waals surface area contributed by atoms with Crippen molar-refractivity contribution in [3.8, 4) is 11.1 Å². The summed E-state index contributed by atoms with van der Waals surface area (Å²) >= 11 is 0. The highest BCUT2D eigenvalue weighted by Gasteiger charge is 2.26. The predicted octanol–water partition coefficient (Wildman–Crippen LogP) is 5.04. The molecule has 0 radical (unpaired) electrons. The number of nitrogens with one attached hydrogen (secondary N) is 4. The third-order valence-corrected chi connectivity index (χ3v) is 7.38. The first kappa shape index (κ1) is 22.7. The van der Waals surface area contributed by atoms with E-state index in [-0.39, 0.29) is 23.9 Å². The van der Waals surface area contributed by atoms with Crippen LogP contribution in [0.5, 0.6) is 0 Å². The van der Waals surface area contributed by atoms with E-state index in [1.54, 1.807) is 0 Å². The molecule has 4 aromatic rings. The van der Waals surface area contributed by atoms with Gasteiger partial charge in [-0.2, -0.15) is 0 Å². The van der Waals surface area contributed by atoms with Crippen LogP contribution in [0.2, 0.25) is 0 Å². The maximum atomic E-state index is 13.2. The van der Waals surface area contributed by atoms with Crippen molar-refractivity contribution >= 4 is 44.7 Å². The van der Waals surface area contributed by atoms with Gasteiger partial charge < -0.3 is 21.3 Å². The zero-order chi connectivity index (χ0) is 24.5. The van der Waals surface area contributed by atoms with E-state index in [1.165, 1.54) is 0 Å². The van der Waals surface area contributed by atoms with E-state index in [9.17, 15) is 9.59 Å². The fourth-order valence-electron chi connectivity index (χ4n) is 5.55. The molecule has 6 nitrogen and oxygen atoms in total. The highest BCUT2D eigenvalue weighted by molar-refractivity contribution is 6.17. The first-order valence-electron chi connectivity index (χ1n) is 12.8. The van der Waals surface area contributed by atoms with Crippen LogP contribution in [-0.2, 0) is 9.59 Å². The molecule has 0 saturated carbocycles. The van der Waals surface area contributed by atoms with Gasteiger partial charge in [-0.15, -0.1) is 0 Å². The molecule has 2 aliphatic rings. The van der Waals surface area contributed by atoms with Crippen molar-refractivity contribution in [1.82, 2.24) is 10.6 Å². The van der Waals surface area contributed by atoms with Crippen LogP contribution in [0.15, 0.2) is 72.8 Å². The van der Waals surface area contributed by atoms with E-state index in [2.05, 4.69) is 45.5 Å². The minimum absolute atomic E-state index is 0.0231. The number of fused-ring (bicyclic) bond motifs is 2. The molecule has 0 spiro atoms. The van der Waals surface area contributed by atoms with Gasteiger partial charge in [0, 0.05) is 22.5 Å². The fourth-order valence-corrected chi connectivity index (χ4v) is 5.55. The Morgan fingerprint density at radius 3 is 1.47 bits per heavy atom. The maximum absolute atomic E-state index is 13.2. The first-order chi connectivity index (χ1) is 17.7. The van der Waals surface area contributed by atoms with Crippen molar-refractivity contribution in [3.63, 3.8) is 0 Å². The zero-order valence-corrected chi connectivity index (χ0v) is 20.1. The lowest BCUT2D eigenvalue weighted by Crippen LogP contribution is -2.36. The van der Waals surface area contributed by atoms with Gasteiger partial charge in [-0.25, -0.2) is 0 Å². The van der Waals surface area contributed by atoms with E-state index in [1.807, 2.05) is 48.5 Å². The molecule has 182 valence electrons. The molecule has 2 fully saturated rings. The largest absolute Gasteiger partial charge is 0.324 e. The Balaban J connectivity index is 1.55. The van der Waals surface area contributed by atoms with Crippen LogP contribution in [0.1, 0.15) is 25.7 Å². The number of amides is 2. The van der Waals surface area contributed by atoms with E-state index in [4.69, 9.17) is 0 Å². The van der Waals surface area contributed by atoms with Crippen molar-refractivity contribution in [2.75, 3.05) is 23.7 Å². The second kappa shape index (κ2) is 9.72. The highest BCUT2D eigenvalue weighted by Crippen LogP contribution is 2.43. The van der Waals surface area contributed by atoms with Gasteiger partial charge in [0.05, 0.1) is 12.1 Å². The van der Waals surface area contributed by atoms with Crippen molar-refractivity contribution in [2.24, 2.45) is 0 Å². The molecular weight excluding hydrogens is 448 g/mol. The highest BCUT2D eigenvalue weighted by atomic mass is 16.2. The van der Waals surface area contributed by atoms with Crippen LogP contribution in [-0.4, -0.2) is 37.0 Å². The molecule has 6 heteroatoms. The van der Waals surface area contributed by atoms with Gasteiger partial charge in [0.15, 0.2) is 0 Å². The van der Waals surface area contributed by atoms with E-state index in [0.717, 1.165) is 82.8 Å². The molecular formula is C30H30N4O2. The third kappa shape index (κ3) is 4.23. The third-order valence-electron chi connectivity index (χ3n) is 7.38. The van der Waals surface area contributed by atoms with Gasteiger partial charge in [0.2, 0.25) is 11.8 Å². The zero-order valence-electron chi connectivity index (χ0n) is 20.1. The number of hydrogen-bond donors (Lipinski definition) is 4. The van der Waals surface area contributed by atoms with E-state index in [0.29, 0.717) is 0 Å². The fraction of sp³-hybridized carbons (Fsp3) is 0.267. The minimum atomic E-state index is -0.190. The lowest BCUT2D eigenvalue weighted by molar-refractivity contribution is -0.118. The Hall–Kier alpha value is -3.74. The normalized spacial score (nSPS) is 19.6. The number of rotatable bonds is 5. The molecule has 0 unspecified atom stereocenters. The number of benzene rings is 4. The molecule has 36 heavy (non-hydrogen) atoms. The van der Waals surface area contributed by atoms with Crippen molar-refractivity contribution in [2.45, 2.75) is 37.8 Å². The Labute approximate surface area is 210 Å². The quantitative estimate of drug-likeness (QED) is 0.324. The van der Waals surface area contributed by atoms with Crippen molar-refractivity contribution in [1.29, 1.82) is 0 Å². The molecule has 2 amide bonds. The summed E-state index contributed by atoms with van der Waals surface area (Å²) in [4.78, 5) is 26.4. The second-order valence-electron chi connectivity index (χ2n) is 9.69. The average molecular weight is 479 g/mol.